The Kier molecular flexibility index (Phi) is 6.47. The van der Waals surface area contributed by atoms with Crippen LogP contribution in [0.15, 0.2) is 24.3 Å². The highest BCUT2D eigenvalue weighted by Gasteiger charge is 2.39. The van der Waals surface area contributed by atoms with E-state index in [-0.39, 0.29) is 6.61 Å². The van der Waals surface area contributed by atoms with Crippen molar-refractivity contribution in [2.24, 2.45) is 5.92 Å². The van der Waals surface area contributed by atoms with Crippen LogP contribution in [0.4, 0.5) is 0 Å². The molecule has 3 N–H and O–H groups in total. The van der Waals surface area contributed by atoms with Gasteiger partial charge >= 0.3 is 0 Å². The van der Waals surface area contributed by atoms with E-state index in [9.17, 15) is 10.2 Å². The van der Waals surface area contributed by atoms with Crippen LogP contribution in [-0.2, 0) is 17.8 Å². The van der Waals surface area contributed by atoms with Gasteiger partial charge in [0.2, 0.25) is 0 Å². The van der Waals surface area contributed by atoms with E-state index < -0.39 is 11.7 Å². The van der Waals surface area contributed by atoms with Gasteiger partial charge in [0.15, 0.2) is 0 Å². The number of aliphatic hydroxyl groups is 2. The van der Waals surface area contributed by atoms with Crippen LogP contribution < -0.4 is 5.32 Å². The van der Waals surface area contributed by atoms with E-state index in [2.05, 4.69) is 41.4 Å². The molecule has 0 aromatic heterocycles. The third-order valence-corrected chi connectivity index (χ3v) is 5.69. The lowest BCUT2D eigenvalue weighted by Crippen LogP contribution is -2.48. The summed E-state index contributed by atoms with van der Waals surface area (Å²) in [5, 5.41) is 23.9. The highest BCUT2D eigenvalue weighted by Crippen LogP contribution is 2.22. The molecule has 5 heteroatoms. The van der Waals surface area contributed by atoms with Crippen molar-refractivity contribution in [3.8, 4) is 0 Å². The SMILES string of the molecule is CC1CCN(Cc2ccccc2CNCC(O)C2(O)CCOC2)CC1. The Balaban J connectivity index is 1.50. The Hall–Kier alpha value is -0.980. The molecule has 2 aliphatic heterocycles. The molecule has 3 rings (SSSR count). The van der Waals surface area contributed by atoms with Gasteiger partial charge in [-0.15, -0.1) is 0 Å². The second-order valence-corrected chi connectivity index (χ2v) is 7.78. The number of piperidine rings is 1. The van der Waals surface area contributed by atoms with Crippen LogP contribution in [0.2, 0.25) is 0 Å². The molecule has 2 unspecified atom stereocenters. The lowest BCUT2D eigenvalue weighted by molar-refractivity contribution is -0.0748. The van der Waals surface area contributed by atoms with Crippen molar-refractivity contribution in [3.05, 3.63) is 35.4 Å². The lowest BCUT2D eigenvalue weighted by Gasteiger charge is -2.31. The van der Waals surface area contributed by atoms with Gasteiger partial charge < -0.3 is 20.3 Å². The molecule has 2 atom stereocenters. The summed E-state index contributed by atoms with van der Waals surface area (Å²) in [7, 11) is 0. The van der Waals surface area contributed by atoms with E-state index in [0.29, 0.717) is 26.1 Å². The van der Waals surface area contributed by atoms with E-state index in [1.165, 1.54) is 37.1 Å². The van der Waals surface area contributed by atoms with Crippen LogP contribution in [0, 0.1) is 5.92 Å². The first kappa shape index (κ1) is 18.8. The zero-order valence-corrected chi connectivity index (χ0v) is 15.3. The predicted molar refractivity (Wildman–Crippen MR) is 98.2 cm³/mol. The fourth-order valence-electron chi connectivity index (χ4n) is 3.71. The average Bonchev–Trinajstić information content (AvgIpc) is 3.06. The van der Waals surface area contributed by atoms with Gasteiger partial charge in [-0.2, -0.15) is 0 Å². The maximum Gasteiger partial charge on any atom is 0.117 e. The monoisotopic (exact) mass is 348 g/mol. The third kappa shape index (κ3) is 5.02. The summed E-state index contributed by atoms with van der Waals surface area (Å²) in [5.41, 5.74) is 1.52. The van der Waals surface area contributed by atoms with Gasteiger partial charge in [0.05, 0.1) is 12.7 Å². The average molecular weight is 348 g/mol. The van der Waals surface area contributed by atoms with E-state index >= 15 is 0 Å². The molecule has 0 saturated carbocycles. The quantitative estimate of drug-likeness (QED) is 0.697. The molecule has 1 aromatic carbocycles. The largest absolute Gasteiger partial charge is 0.389 e. The Morgan fingerprint density at radius 1 is 1.28 bits per heavy atom. The molecule has 25 heavy (non-hydrogen) atoms. The third-order valence-electron chi connectivity index (χ3n) is 5.69. The van der Waals surface area contributed by atoms with Crippen LogP contribution in [0.25, 0.3) is 0 Å². The smallest absolute Gasteiger partial charge is 0.117 e. The summed E-state index contributed by atoms with van der Waals surface area (Å²) in [6.07, 6.45) is 2.27. The first-order valence-corrected chi connectivity index (χ1v) is 9.55. The molecule has 2 heterocycles. The number of hydrogen-bond acceptors (Lipinski definition) is 5. The van der Waals surface area contributed by atoms with E-state index in [0.717, 1.165) is 12.5 Å². The standard InChI is InChI=1S/C20H32N2O3/c1-16-6-9-22(10-7-16)14-18-5-3-2-4-17(18)12-21-13-19(23)20(24)8-11-25-15-20/h2-5,16,19,21,23-24H,6-15H2,1H3. The Morgan fingerprint density at radius 3 is 2.68 bits per heavy atom. The summed E-state index contributed by atoms with van der Waals surface area (Å²) in [6.45, 7) is 7.49. The molecule has 140 valence electrons. The molecule has 1 aromatic rings. The van der Waals surface area contributed by atoms with Gasteiger partial charge in [-0.05, 0) is 43.0 Å². The summed E-state index contributed by atoms with van der Waals surface area (Å²) in [4.78, 5) is 2.53. The fraction of sp³-hybridized carbons (Fsp3) is 0.700. The number of rotatable bonds is 7. The molecule has 0 radical (unpaired) electrons. The summed E-state index contributed by atoms with van der Waals surface area (Å²) in [6, 6.07) is 8.50. The molecule has 2 aliphatic rings. The van der Waals surface area contributed by atoms with Crippen LogP contribution in [0.1, 0.15) is 37.3 Å². The Morgan fingerprint density at radius 2 is 2.00 bits per heavy atom. The minimum Gasteiger partial charge on any atom is -0.389 e. The molecule has 5 nitrogen and oxygen atoms in total. The Bertz CT molecular complexity index is 537. The van der Waals surface area contributed by atoms with Crippen molar-refractivity contribution in [1.29, 1.82) is 0 Å². The normalized spacial score (nSPS) is 26.8. The highest BCUT2D eigenvalue weighted by atomic mass is 16.5. The summed E-state index contributed by atoms with van der Waals surface area (Å²) >= 11 is 0. The van der Waals surface area contributed by atoms with Crippen LogP contribution in [0.3, 0.4) is 0 Å². The van der Waals surface area contributed by atoms with Crippen molar-refractivity contribution < 1.29 is 14.9 Å². The molecule has 0 aliphatic carbocycles. The van der Waals surface area contributed by atoms with Crippen LogP contribution >= 0.6 is 0 Å². The van der Waals surface area contributed by atoms with E-state index in [4.69, 9.17) is 4.74 Å². The van der Waals surface area contributed by atoms with Gasteiger partial charge in [0.25, 0.3) is 0 Å². The fourth-order valence-corrected chi connectivity index (χ4v) is 3.71. The number of benzene rings is 1. The maximum absolute atomic E-state index is 10.3. The van der Waals surface area contributed by atoms with Gasteiger partial charge in [-0.25, -0.2) is 0 Å². The molecule has 0 amide bonds. The number of hydrogen-bond donors (Lipinski definition) is 3. The summed E-state index contributed by atoms with van der Waals surface area (Å²) < 4.78 is 5.21. The van der Waals surface area contributed by atoms with Crippen molar-refractivity contribution >= 4 is 0 Å². The van der Waals surface area contributed by atoms with Gasteiger partial charge in [0.1, 0.15) is 5.60 Å². The van der Waals surface area contributed by atoms with Gasteiger partial charge in [-0.3, -0.25) is 4.90 Å². The lowest BCUT2D eigenvalue weighted by atomic mass is 9.95. The first-order chi connectivity index (χ1) is 12.1. The van der Waals surface area contributed by atoms with Crippen LogP contribution in [-0.4, -0.2) is 59.7 Å². The molecule has 0 bridgehead atoms. The van der Waals surface area contributed by atoms with Gasteiger partial charge in [0, 0.05) is 32.7 Å². The molecule has 0 spiro atoms. The molecule has 2 saturated heterocycles. The number of nitrogens with one attached hydrogen (secondary N) is 1. The Labute approximate surface area is 151 Å². The van der Waals surface area contributed by atoms with E-state index in [1.54, 1.807) is 0 Å². The zero-order chi connectivity index (χ0) is 17.7. The number of aliphatic hydroxyl groups excluding tert-OH is 1. The highest BCUT2D eigenvalue weighted by molar-refractivity contribution is 5.27. The minimum atomic E-state index is -1.10. The van der Waals surface area contributed by atoms with Gasteiger partial charge in [-0.1, -0.05) is 31.2 Å². The van der Waals surface area contributed by atoms with Crippen molar-refractivity contribution in [2.45, 2.75) is 51.0 Å². The summed E-state index contributed by atoms with van der Waals surface area (Å²) in [5.74, 6) is 0.847. The second kappa shape index (κ2) is 8.60. The van der Waals surface area contributed by atoms with Crippen LogP contribution in [0.5, 0.6) is 0 Å². The first-order valence-electron chi connectivity index (χ1n) is 9.55. The minimum absolute atomic E-state index is 0.222. The van der Waals surface area contributed by atoms with Crippen molar-refractivity contribution in [3.63, 3.8) is 0 Å². The number of ether oxygens (including phenoxy) is 1. The molecular formula is C20H32N2O3. The number of nitrogens with zero attached hydrogens (tertiary/aromatic N) is 1. The maximum atomic E-state index is 10.3. The molecule has 2 fully saturated rings. The zero-order valence-electron chi connectivity index (χ0n) is 15.3. The topological polar surface area (TPSA) is 65.0 Å². The molecular weight excluding hydrogens is 316 g/mol. The second-order valence-electron chi connectivity index (χ2n) is 7.78. The van der Waals surface area contributed by atoms with E-state index in [1.807, 2.05) is 0 Å². The van der Waals surface area contributed by atoms with Crippen molar-refractivity contribution in [1.82, 2.24) is 10.2 Å². The number of likely N-dealkylation sites (tertiary alicyclic amines) is 1. The predicted octanol–water partition coefficient (Wildman–Crippen LogP) is 1.52. The van der Waals surface area contributed by atoms with Crippen molar-refractivity contribution in [2.75, 3.05) is 32.8 Å².